The van der Waals surface area contributed by atoms with Crippen LogP contribution in [-0.2, 0) is 11.8 Å². The van der Waals surface area contributed by atoms with Gasteiger partial charge in [-0.25, -0.2) is 4.98 Å². The number of aromatic nitrogens is 2. The van der Waals surface area contributed by atoms with Crippen LogP contribution in [0.4, 0.5) is 5.95 Å². The first-order valence-corrected chi connectivity index (χ1v) is 9.00. The van der Waals surface area contributed by atoms with Crippen molar-refractivity contribution < 1.29 is 0 Å². The maximum absolute atomic E-state index is 13.1. The van der Waals surface area contributed by atoms with Crippen LogP contribution < -0.4 is 16.2 Å². The summed E-state index contributed by atoms with van der Waals surface area (Å²) in [6.07, 6.45) is 5.40. The van der Waals surface area contributed by atoms with Crippen molar-refractivity contribution in [3.8, 4) is 0 Å². The summed E-state index contributed by atoms with van der Waals surface area (Å²) < 4.78 is 1.32. The Hall–Kier alpha value is -1.21. The van der Waals surface area contributed by atoms with Crippen molar-refractivity contribution >= 4 is 28.6 Å². The summed E-state index contributed by atoms with van der Waals surface area (Å²) >= 11 is 3.31. The topological polar surface area (TPSA) is 71.3 Å². The number of nitrogens with zero attached hydrogens (tertiary/aromatic N) is 3. The molecule has 0 radical (unpaired) electrons. The number of piperidine rings is 1. The number of alkyl halides is 1. The van der Waals surface area contributed by atoms with Crippen molar-refractivity contribution in [2.45, 2.75) is 43.6 Å². The van der Waals surface area contributed by atoms with Gasteiger partial charge in [-0.15, -0.1) is 0 Å². The number of anilines is 1. The van der Waals surface area contributed by atoms with Gasteiger partial charge in [0.15, 0.2) is 0 Å². The summed E-state index contributed by atoms with van der Waals surface area (Å²) in [5.74, 6) is 1.05. The highest BCUT2D eigenvalue weighted by molar-refractivity contribution is 9.09. The van der Waals surface area contributed by atoms with E-state index in [1.807, 2.05) is 0 Å². The molecule has 1 saturated carbocycles. The highest BCUT2D eigenvalue weighted by Crippen LogP contribution is 2.53. The molecule has 1 aliphatic heterocycles. The molecule has 22 heavy (non-hydrogen) atoms. The minimum atomic E-state index is -0.0338. The maximum Gasteiger partial charge on any atom is 0.279 e. The lowest BCUT2D eigenvalue weighted by Gasteiger charge is -2.53. The van der Waals surface area contributed by atoms with E-state index < -0.39 is 0 Å². The van der Waals surface area contributed by atoms with E-state index in [-0.39, 0.29) is 11.0 Å². The lowest BCUT2D eigenvalue weighted by atomic mass is 9.57. The molecule has 2 N–H and O–H groups in total. The van der Waals surface area contributed by atoms with Crippen molar-refractivity contribution in [3.63, 3.8) is 0 Å². The Morgan fingerprint density at radius 1 is 1.50 bits per heavy atom. The normalized spacial score (nSPS) is 32.2. The SMILES string of the molecule is C=Nn1c(NCBr)nc2c(c1=O)C1(CCNC3CCC31)CC2. The summed E-state index contributed by atoms with van der Waals surface area (Å²) in [6.45, 7) is 4.54. The third kappa shape index (κ3) is 1.78. The number of rotatable bonds is 3. The van der Waals surface area contributed by atoms with Crippen LogP contribution in [-0.4, -0.2) is 34.4 Å². The fourth-order valence-corrected chi connectivity index (χ4v) is 4.95. The van der Waals surface area contributed by atoms with Gasteiger partial charge in [0.05, 0.1) is 11.1 Å². The quantitative estimate of drug-likeness (QED) is 0.482. The molecule has 0 bridgehead atoms. The Bertz CT molecular complexity index is 687. The first-order chi connectivity index (χ1) is 10.7. The Morgan fingerprint density at radius 3 is 3.05 bits per heavy atom. The molecule has 118 valence electrons. The Balaban J connectivity index is 1.88. The molecular weight excluding hydrogens is 346 g/mol. The monoisotopic (exact) mass is 365 g/mol. The van der Waals surface area contributed by atoms with Crippen LogP contribution in [0.25, 0.3) is 0 Å². The van der Waals surface area contributed by atoms with Crippen LogP contribution in [0.1, 0.15) is 36.9 Å². The molecule has 3 aliphatic rings. The van der Waals surface area contributed by atoms with E-state index in [4.69, 9.17) is 0 Å². The zero-order valence-corrected chi connectivity index (χ0v) is 14.0. The Labute approximate surface area is 137 Å². The average molecular weight is 366 g/mol. The standard InChI is InChI=1S/C15H20BrN5O/c1-17-21-13(22)12-11(20-14(21)19-8-16)4-5-15(12)6-7-18-10-3-2-9(10)15/h9-10,18H,1-8H2,(H,19,20). The molecule has 1 aromatic heterocycles. The molecule has 4 rings (SSSR count). The third-order valence-corrected chi connectivity index (χ3v) is 6.05. The minimum absolute atomic E-state index is 0.00690. The number of hydrogen-bond acceptors (Lipinski definition) is 5. The second-order valence-corrected chi connectivity index (χ2v) is 7.04. The second-order valence-electron chi connectivity index (χ2n) is 6.48. The zero-order chi connectivity index (χ0) is 15.3. The summed E-state index contributed by atoms with van der Waals surface area (Å²) in [5, 5.41) is 10.5. The molecule has 3 unspecified atom stereocenters. The predicted molar refractivity (Wildman–Crippen MR) is 90.0 cm³/mol. The summed E-state index contributed by atoms with van der Waals surface area (Å²) in [4.78, 5) is 17.7. The third-order valence-electron chi connectivity index (χ3n) is 5.77. The van der Waals surface area contributed by atoms with Gasteiger partial charge in [-0.3, -0.25) is 4.79 Å². The molecule has 2 heterocycles. The average Bonchev–Trinajstić information content (AvgIpc) is 2.81. The van der Waals surface area contributed by atoms with Gasteiger partial charge in [-0.2, -0.15) is 9.78 Å². The van der Waals surface area contributed by atoms with Crippen molar-refractivity contribution in [3.05, 3.63) is 21.6 Å². The smallest absolute Gasteiger partial charge is 0.279 e. The van der Waals surface area contributed by atoms with Gasteiger partial charge in [0.25, 0.3) is 5.56 Å². The Morgan fingerprint density at radius 2 is 2.36 bits per heavy atom. The van der Waals surface area contributed by atoms with E-state index in [0.717, 1.165) is 37.1 Å². The Kier molecular flexibility index (Phi) is 3.38. The van der Waals surface area contributed by atoms with Crippen molar-refractivity contribution in [1.29, 1.82) is 0 Å². The van der Waals surface area contributed by atoms with Gasteiger partial charge in [0.2, 0.25) is 5.95 Å². The minimum Gasteiger partial charge on any atom is -0.344 e. The van der Waals surface area contributed by atoms with E-state index >= 15 is 0 Å². The fourth-order valence-electron chi connectivity index (χ4n) is 4.70. The number of fused-ring (bicyclic) bond motifs is 4. The maximum atomic E-state index is 13.1. The van der Waals surface area contributed by atoms with Crippen LogP contribution in [0.5, 0.6) is 0 Å². The van der Waals surface area contributed by atoms with Crippen LogP contribution in [0.3, 0.4) is 0 Å². The molecule has 1 spiro atoms. The van der Waals surface area contributed by atoms with Gasteiger partial charge < -0.3 is 10.6 Å². The fraction of sp³-hybridized carbons (Fsp3) is 0.667. The van der Waals surface area contributed by atoms with E-state index in [0.29, 0.717) is 23.4 Å². The van der Waals surface area contributed by atoms with Crippen molar-refractivity contribution in [2.75, 3.05) is 17.3 Å². The lowest BCUT2D eigenvalue weighted by Crippen LogP contribution is -2.60. The largest absolute Gasteiger partial charge is 0.344 e. The van der Waals surface area contributed by atoms with Crippen molar-refractivity contribution in [1.82, 2.24) is 15.0 Å². The molecule has 6 nitrogen and oxygen atoms in total. The molecule has 0 aromatic carbocycles. The van der Waals surface area contributed by atoms with Gasteiger partial charge >= 0.3 is 0 Å². The lowest BCUT2D eigenvalue weighted by molar-refractivity contribution is 0.0601. The zero-order valence-electron chi connectivity index (χ0n) is 12.4. The van der Waals surface area contributed by atoms with Crippen LogP contribution >= 0.6 is 15.9 Å². The van der Waals surface area contributed by atoms with Gasteiger partial charge in [-0.1, -0.05) is 15.9 Å². The highest BCUT2D eigenvalue weighted by Gasteiger charge is 2.55. The predicted octanol–water partition coefficient (Wildman–Crippen LogP) is 1.43. The molecular formula is C15H20BrN5O. The molecule has 7 heteroatoms. The van der Waals surface area contributed by atoms with E-state index in [9.17, 15) is 4.79 Å². The van der Waals surface area contributed by atoms with Crippen LogP contribution in [0, 0.1) is 5.92 Å². The number of nitrogens with one attached hydrogen (secondary N) is 2. The number of aryl methyl sites for hydroxylation is 1. The summed E-state index contributed by atoms with van der Waals surface area (Å²) in [5.41, 5.74) is 2.37. The molecule has 1 saturated heterocycles. The first kappa shape index (κ1) is 14.4. The van der Waals surface area contributed by atoms with E-state index in [1.54, 1.807) is 0 Å². The summed E-state index contributed by atoms with van der Waals surface area (Å²) in [7, 11) is 0. The molecule has 1 aromatic rings. The second kappa shape index (κ2) is 5.16. The van der Waals surface area contributed by atoms with E-state index in [2.05, 4.69) is 43.4 Å². The van der Waals surface area contributed by atoms with Gasteiger partial charge in [0, 0.05) is 23.7 Å². The number of halogens is 1. The van der Waals surface area contributed by atoms with Gasteiger partial charge in [0.1, 0.15) is 0 Å². The van der Waals surface area contributed by atoms with E-state index in [1.165, 1.54) is 17.5 Å². The molecule has 2 aliphatic carbocycles. The number of hydrogen-bond donors (Lipinski definition) is 2. The summed E-state index contributed by atoms with van der Waals surface area (Å²) in [6, 6.07) is 0.574. The molecule has 3 atom stereocenters. The van der Waals surface area contributed by atoms with Gasteiger partial charge in [-0.05, 0) is 44.6 Å². The van der Waals surface area contributed by atoms with Crippen LogP contribution in [0.15, 0.2) is 9.90 Å². The van der Waals surface area contributed by atoms with Crippen LogP contribution in [0.2, 0.25) is 0 Å². The first-order valence-electron chi connectivity index (χ1n) is 7.88. The molecule has 0 amide bonds. The van der Waals surface area contributed by atoms with Crippen molar-refractivity contribution in [2.24, 2.45) is 11.0 Å². The highest BCUT2D eigenvalue weighted by atomic mass is 79.9. The molecule has 2 fully saturated rings.